The van der Waals surface area contributed by atoms with Crippen molar-refractivity contribution in [3.05, 3.63) is 36.8 Å². The van der Waals surface area contributed by atoms with Crippen molar-refractivity contribution >= 4 is 27.4 Å². The minimum absolute atomic E-state index is 0.105. The summed E-state index contributed by atoms with van der Waals surface area (Å²) in [5.41, 5.74) is 0.454. The summed E-state index contributed by atoms with van der Waals surface area (Å²) in [6.45, 7) is 4.55. The van der Waals surface area contributed by atoms with Gasteiger partial charge in [-0.15, -0.1) is 0 Å². The summed E-state index contributed by atoms with van der Waals surface area (Å²) in [4.78, 5) is 23.7. The number of ether oxygens (including phenoxy) is 1. The topological polar surface area (TPSA) is 105 Å². The first-order valence-corrected chi connectivity index (χ1v) is 13.0. The maximum Gasteiger partial charge on any atom is 0.246 e. The zero-order chi connectivity index (χ0) is 23.3. The van der Waals surface area contributed by atoms with Crippen LogP contribution in [0.3, 0.4) is 0 Å². The van der Waals surface area contributed by atoms with E-state index in [4.69, 9.17) is 4.74 Å². The smallest absolute Gasteiger partial charge is 0.246 e. The number of piperidine rings is 2. The number of nitrogens with zero attached hydrogens (tertiary/aromatic N) is 4. The molecule has 178 valence electrons. The van der Waals surface area contributed by atoms with Gasteiger partial charge in [-0.1, -0.05) is 6.42 Å². The molecule has 0 spiro atoms. The Morgan fingerprint density at radius 2 is 1.97 bits per heavy atom. The van der Waals surface area contributed by atoms with Crippen LogP contribution >= 0.6 is 0 Å². The summed E-state index contributed by atoms with van der Waals surface area (Å²) < 4.78 is 33.8. The first-order valence-electron chi connectivity index (χ1n) is 11.6. The molecule has 0 saturated carbocycles. The second-order valence-corrected chi connectivity index (χ2v) is 10.3. The Morgan fingerprint density at radius 1 is 1.15 bits per heavy atom. The van der Waals surface area contributed by atoms with Crippen LogP contribution in [0.2, 0.25) is 0 Å². The van der Waals surface area contributed by atoms with Gasteiger partial charge in [-0.2, -0.15) is 4.31 Å². The Balaban J connectivity index is 1.52. The van der Waals surface area contributed by atoms with Crippen LogP contribution in [-0.2, 0) is 14.8 Å². The van der Waals surface area contributed by atoms with Gasteiger partial charge in [0.1, 0.15) is 16.5 Å². The fourth-order valence-electron chi connectivity index (χ4n) is 4.40. The van der Waals surface area contributed by atoms with Gasteiger partial charge in [0.15, 0.2) is 0 Å². The van der Waals surface area contributed by atoms with Gasteiger partial charge in [0.25, 0.3) is 0 Å². The average molecular weight is 474 g/mol. The number of carbonyl (C=O) groups is 1. The zero-order valence-electron chi connectivity index (χ0n) is 18.9. The molecule has 3 heterocycles. The molecular weight excluding hydrogens is 442 g/mol. The molecule has 0 aliphatic carbocycles. The summed E-state index contributed by atoms with van der Waals surface area (Å²) in [6.07, 6.45) is 9.33. The zero-order valence-corrected chi connectivity index (χ0v) is 19.8. The molecular formula is C23H31N5O4S. The highest BCUT2D eigenvalue weighted by molar-refractivity contribution is 7.89. The lowest BCUT2D eigenvalue weighted by molar-refractivity contribution is -0.120. The molecule has 2 aromatic rings. The quantitative estimate of drug-likeness (QED) is 0.659. The van der Waals surface area contributed by atoms with E-state index in [1.807, 2.05) is 6.92 Å². The Hall–Kier alpha value is -2.72. The summed E-state index contributed by atoms with van der Waals surface area (Å²) in [5, 5.41) is 2.93. The molecule has 33 heavy (non-hydrogen) atoms. The highest BCUT2D eigenvalue weighted by Gasteiger charge is 2.30. The van der Waals surface area contributed by atoms with Gasteiger partial charge < -0.3 is 15.0 Å². The minimum atomic E-state index is -3.71. The van der Waals surface area contributed by atoms with Crippen molar-refractivity contribution in [2.24, 2.45) is 5.92 Å². The molecule has 1 N–H and O–H groups in total. The van der Waals surface area contributed by atoms with Crippen LogP contribution < -0.4 is 15.0 Å². The van der Waals surface area contributed by atoms with Crippen LogP contribution in [0.5, 0.6) is 5.75 Å². The number of anilines is 2. The van der Waals surface area contributed by atoms with Crippen molar-refractivity contribution in [2.45, 2.75) is 43.9 Å². The number of nitrogens with one attached hydrogen (secondary N) is 1. The van der Waals surface area contributed by atoms with Crippen molar-refractivity contribution in [1.29, 1.82) is 0 Å². The number of hydrogen-bond donors (Lipinski definition) is 1. The van der Waals surface area contributed by atoms with E-state index in [0.717, 1.165) is 44.5 Å². The molecule has 0 bridgehead atoms. The van der Waals surface area contributed by atoms with Gasteiger partial charge in [0.05, 0.1) is 18.7 Å². The first-order chi connectivity index (χ1) is 16.0. The Bertz CT molecular complexity index is 1060. The third-order valence-corrected chi connectivity index (χ3v) is 8.03. The predicted octanol–water partition coefficient (Wildman–Crippen LogP) is 2.91. The lowest BCUT2D eigenvalue weighted by Crippen LogP contribution is -2.41. The van der Waals surface area contributed by atoms with E-state index >= 15 is 0 Å². The number of rotatable bonds is 7. The normalized spacial score (nSPS) is 19.8. The van der Waals surface area contributed by atoms with Gasteiger partial charge in [-0.05, 0) is 50.8 Å². The van der Waals surface area contributed by atoms with Gasteiger partial charge in [-0.25, -0.2) is 13.4 Å². The molecule has 1 amide bonds. The lowest BCUT2D eigenvalue weighted by Gasteiger charge is -2.32. The summed E-state index contributed by atoms with van der Waals surface area (Å²) in [5.74, 6) is 0.710. The second kappa shape index (κ2) is 10.5. The van der Waals surface area contributed by atoms with Crippen molar-refractivity contribution in [3.63, 3.8) is 0 Å². The van der Waals surface area contributed by atoms with Crippen LogP contribution in [0.25, 0.3) is 0 Å². The molecule has 2 saturated heterocycles. The van der Waals surface area contributed by atoms with Crippen molar-refractivity contribution in [1.82, 2.24) is 14.3 Å². The molecule has 0 radical (unpaired) electrons. The molecule has 2 fully saturated rings. The highest BCUT2D eigenvalue weighted by atomic mass is 32.2. The number of amides is 1. The van der Waals surface area contributed by atoms with E-state index in [9.17, 15) is 13.2 Å². The Kier molecular flexibility index (Phi) is 7.44. The van der Waals surface area contributed by atoms with Crippen LogP contribution in [0.15, 0.2) is 41.7 Å². The summed E-state index contributed by atoms with van der Waals surface area (Å²) >= 11 is 0. The monoisotopic (exact) mass is 473 g/mol. The average Bonchev–Trinajstić information content (AvgIpc) is 2.86. The van der Waals surface area contributed by atoms with Crippen LogP contribution in [0.1, 0.15) is 39.0 Å². The van der Waals surface area contributed by atoms with Crippen LogP contribution in [-0.4, -0.2) is 61.4 Å². The molecule has 0 unspecified atom stereocenters. The Morgan fingerprint density at radius 3 is 2.70 bits per heavy atom. The summed E-state index contributed by atoms with van der Waals surface area (Å²) in [7, 11) is -3.71. The van der Waals surface area contributed by atoms with E-state index < -0.39 is 10.0 Å². The molecule has 9 nitrogen and oxygen atoms in total. The number of sulfonamides is 1. The third kappa shape index (κ3) is 5.44. The highest BCUT2D eigenvalue weighted by Crippen LogP contribution is 2.32. The SMILES string of the molecule is CCOc1ccc(NC(=O)[C@H]2CCCN(c3cnccn3)C2)cc1S(=O)(=O)N1CCCCC1. The molecule has 1 atom stereocenters. The van der Waals surface area contributed by atoms with E-state index in [2.05, 4.69) is 20.2 Å². The first kappa shape index (κ1) is 23.4. The lowest BCUT2D eigenvalue weighted by atomic mass is 9.97. The number of carbonyl (C=O) groups excluding carboxylic acids is 1. The molecule has 4 rings (SSSR count). The molecule has 2 aliphatic rings. The van der Waals surface area contributed by atoms with Gasteiger partial charge in [0.2, 0.25) is 15.9 Å². The largest absolute Gasteiger partial charge is 0.492 e. The molecule has 1 aromatic heterocycles. The standard InChI is InChI=1S/C23H31N5O4S/c1-2-32-20-9-8-19(15-21(20)33(30,31)28-13-4-3-5-14-28)26-23(29)18-7-6-12-27(17-18)22-16-24-10-11-25-22/h8-11,15-16,18H,2-7,12-14,17H2,1H3,(H,26,29)/t18-/m0/s1. The maximum atomic E-state index is 13.3. The van der Waals surface area contributed by atoms with E-state index in [1.165, 1.54) is 10.4 Å². The van der Waals surface area contributed by atoms with E-state index in [0.29, 0.717) is 37.7 Å². The van der Waals surface area contributed by atoms with Crippen molar-refractivity contribution < 1.29 is 17.9 Å². The fourth-order valence-corrected chi connectivity index (χ4v) is 6.08. The predicted molar refractivity (Wildman–Crippen MR) is 126 cm³/mol. The van der Waals surface area contributed by atoms with E-state index in [-0.39, 0.29) is 16.7 Å². The fraction of sp³-hybridized carbons (Fsp3) is 0.522. The number of benzene rings is 1. The van der Waals surface area contributed by atoms with Gasteiger partial charge in [0, 0.05) is 44.3 Å². The summed E-state index contributed by atoms with van der Waals surface area (Å²) in [6, 6.07) is 4.85. The Labute approximate surface area is 195 Å². The van der Waals surface area contributed by atoms with E-state index in [1.54, 1.807) is 30.7 Å². The van der Waals surface area contributed by atoms with Gasteiger partial charge >= 0.3 is 0 Å². The number of aromatic nitrogens is 2. The molecule has 2 aliphatic heterocycles. The second-order valence-electron chi connectivity index (χ2n) is 8.40. The van der Waals surface area contributed by atoms with Crippen LogP contribution in [0.4, 0.5) is 11.5 Å². The molecule has 10 heteroatoms. The van der Waals surface area contributed by atoms with Crippen molar-refractivity contribution in [3.8, 4) is 5.75 Å². The third-order valence-electron chi connectivity index (χ3n) is 6.11. The maximum absolute atomic E-state index is 13.3. The number of hydrogen-bond acceptors (Lipinski definition) is 7. The minimum Gasteiger partial charge on any atom is -0.492 e. The van der Waals surface area contributed by atoms with Gasteiger partial charge in [-0.3, -0.25) is 9.78 Å². The molecule has 1 aromatic carbocycles. The van der Waals surface area contributed by atoms with Crippen LogP contribution in [0, 0.1) is 5.92 Å². The van der Waals surface area contributed by atoms with Crippen molar-refractivity contribution in [2.75, 3.05) is 43.0 Å².